The van der Waals surface area contributed by atoms with E-state index in [2.05, 4.69) is 13.1 Å². The summed E-state index contributed by atoms with van der Waals surface area (Å²) in [4.78, 5) is 60.2. The van der Waals surface area contributed by atoms with Gasteiger partial charge in [-0.1, -0.05) is 5.92 Å². The number of aromatic nitrogens is 2. The Hall–Kier alpha value is -1.53. The maximum absolute atomic E-state index is 14.7. The predicted octanol–water partition coefficient (Wildman–Crippen LogP) is -0.216. The van der Waals surface area contributed by atoms with Gasteiger partial charge < -0.3 is 24.3 Å². The molecule has 5 N–H and O–H groups in total. The molecule has 15 nitrogen and oxygen atoms in total. The van der Waals surface area contributed by atoms with Crippen molar-refractivity contribution in [1.29, 1.82) is 0 Å². The molecule has 1 saturated heterocycles. The van der Waals surface area contributed by atoms with Crippen molar-refractivity contribution in [2.24, 2.45) is 0 Å². The number of nitrogens with one attached hydrogen (secondary N) is 1. The molecular formula is C11H13F2N2O13P3. The van der Waals surface area contributed by atoms with Crippen LogP contribution in [0, 0.1) is 12.3 Å². The van der Waals surface area contributed by atoms with Gasteiger partial charge in [0.15, 0.2) is 6.17 Å². The van der Waals surface area contributed by atoms with Gasteiger partial charge in [0.25, 0.3) is 11.4 Å². The van der Waals surface area contributed by atoms with Gasteiger partial charge in [-0.3, -0.25) is 18.9 Å². The van der Waals surface area contributed by atoms with Crippen LogP contribution in [0.1, 0.15) is 18.2 Å². The minimum atomic E-state index is -5.87. The third-order valence-corrected chi connectivity index (χ3v) is 7.26. The lowest BCUT2D eigenvalue weighted by atomic mass is 10.2. The molecule has 1 aliphatic rings. The van der Waals surface area contributed by atoms with Crippen LogP contribution in [0.5, 0.6) is 0 Å². The van der Waals surface area contributed by atoms with Crippen LogP contribution >= 0.6 is 23.5 Å². The first kappa shape index (κ1) is 25.7. The Labute approximate surface area is 170 Å². The van der Waals surface area contributed by atoms with E-state index in [-0.39, 0.29) is 5.56 Å². The van der Waals surface area contributed by atoms with Gasteiger partial charge in [-0.15, -0.1) is 6.42 Å². The molecule has 2 heterocycles. The van der Waals surface area contributed by atoms with E-state index in [9.17, 15) is 37.0 Å². The second-order valence-corrected chi connectivity index (χ2v) is 10.2. The van der Waals surface area contributed by atoms with E-state index in [1.807, 2.05) is 5.92 Å². The number of rotatable bonds is 8. The molecule has 0 aromatic carbocycles. The van der Waals surface area contributed by atoms with Crippen molar-refractivity contribution in [2.45, 2.75) is 24.7 Å². The first-order valence-corrected chi connectivity index (χ1v) is 12.1. The SMILES string of the molecule is C#Cc1cn([C@H]2C[C@H](F)[C@@](F)(COP(=O)(O)OP(=O)(O)OP(=O)(O)O)O2)c(=O)[nH]c1=O. The summed E-state index contributed by atoms with van der Waals surface area (Å²) in [7, 11) is -17.3. The van der Waals surface area contributed by atoms with Gasteiger partial charge in [0.1, 0.15) is 18.4 Å². The molecule has 2 rings (SSSR count). The maximum atomic E-state index is 14.7. The second kappa shape index (κ2) is 8.78. The predicted molar refractivity (Wildman–Crippen MR) is 92.5 cm³/mol. The fraction of sp³-hybridized carbons (Fsp3) is 0.455. The number of H-pyrrole nitrogens is 1. The van der Waals surface area contributed by atoms with Crippen LogP contribution in [0.4, 0.5) is 8.78 Å². The number of terminal acetylenes is 1. The summed E-state index contributed by atoms with van der Waals surface area (Å²) in [5.74, 6) is -1.57. The largest absolute Gasteiger partial charge is 0.490 e. The van der Waals surface area contributed by atoms with Crippen LogP contribution in [-0.2, 0) is 31.6 Å². The van der Waals surface area contributed by atoms with E-state index in [1.165, 1.54) is 0 Å². The van der Waals surface area contributed by atoms with Crippen molar-refractivity contribution in [3.8, 4) is 12.3 Å². The van der Waals surface area contributed by atoms with Crippen LogP contribution in [0.2, 0.25) is 0 Å². The van der Waals surface area contributed by atoms with Crippen LogP contribution < -0.4 is 11.2 Å². The van der Waals surface area contributed by atoms with Crippen LogP contribution in [0.25, 0.3) is 0 Å². The zero-order chi connectivity index (χ0) is 23.8. The van der Waals surface area contributed by atoms with Crippen molar-refractivity contribution < 1.29 is 59.9 Å². The molecule has 174 valence electrons. The highest BCUT2D eigenvalue weighted by Gasteiger charge is 2.53. The molecule has 31 heavy (non-hydrogen) atoms. The normalized spacial score (nSPS) is 27.9. The Bertz CT molecular complexity index is 1150. The fourth-order valence-electron chi connectivity index (χ4n) is 2.27. The number of ether oxygens (including phenoxy) is 1. The van der Waals surface area contributed by atoms with E-state index < -0.39 is 66.0 Å². The lowest BCUT2D eigenvalue weighted by Gasteiger charge is -2.23. The molecule has 0 aliphatic carbocycles. The number of nitrogens with zero attached hydrogens (tertiary/aromatic N) is 1. The maximum Gasteiger partial charge on any atom is 0.490 e. The number of phosphoric ester groups is 1. The Morgan fingerprint density at radius 3 is 2.42 bits per heavy atom. The van der Waals surface area contributed by atoms with Crippen molar-refractivity contribution in [1.82, 2.24) is 9.55 Å². The number of phosphoric acid groups is 3. The topological polar surface area (TPSA) is 224 Å². The Morgan fingerprint density at radius 1 is 1.26 bits per heavy atom. The summed E-state index contributed by atoms with van der Waals surface area (Å²) in [5, 5.41) is 0. The highest BCUT2D eigenvalue weighted by Crippen LogP contribution is 2.66. The molecule has 20 heteroatoms. The van der Waals surface area contributed by atoms with Gasteiger partial charge in [0, 0.05) is 12.6 Å². The zero-order valence-electron chi connectivity index (χ0n) is 14.7. The van der Waals surface area contributed by atoms with E-state index >= 15 is 0 Å². The Kier molecular flexibility index (Phi) is 7.29. The molecule has 0 saturated carbocycles. The highest BCUT2D eigenvalue weighted by molar-refractivity contribution is 7.66. The Balaban J connectivity index is 2.14. The fourth-order valence-corrected chi connectivity index (χ4v) is 5.30. The second-order valence-electron chi connectivity index (χ2n) is 5.78. The molecular weight excluding hydrogens is 499 g/mol. The molecule has 5 atom stereocenters. The summed E-state index contributed by atoms with van der Waals surface area (Å²) in [5.41, 5.74) is -2.46. The summed E-state index contributed by atoms with van der Waals surface area (Å²) in [6.07, 6.45) is 0.714. The lowest BCUT2D eigenvalue weighted by molar-refractivity contribution is -0.193. The smallest absolute Gasteiger partial charge is 0.317 e. The summed E-state index contributed by atoms with van der Waals surface area (Å²) in [6.45, 7) is -1.74. The van der Waals surface area contributed by atoms with E-state index in [0.29, 0.717) is 4.57 Å². The van der Waals surface area contributed by atoms with Gasteiger partial charge in [0.2, 0.25) is 0 Å². The number of hydrogen-bond donors (Lipinski definition) is 5. The molecule has 0 amide bonds. The van der Waals surface area contributed by atoms with Gasteiger partial charge >= 0.3 is 29.2 Å². The lowest BCUT2D eigenvalue weighted by Crippen LogP contribution is -2.38. The van der Waals surface area contributed by atoms with Crippen molar-refractivity contribution >= 4 is 23.5 Å². The molecule has 0 spiro atoms. The monoisotopic (exact) mass is 512 g/mol. The molecule has 1 aromatic heterocycles. The average molecular weight is 512 g/mol. The van der Waals surface area contributed by atoms with Crippen LogP contribution in [0.15, 0.2) is 15.8 Å². The molecule has 0 bridgehead atoms. The third kappa shape index (κ3) is 6.72. The third-order valence-electron chi connectivity index (χ3n) is 3.48. The highest BCUT2D eigenvalue weighted by atomic mass is 31.3. The minimum absolute atomic E-state index is 0.372. The Morgan fingerprint density at radius 2 is 1.87 bits per heavy atom. The van der Waals surface area contributed by atoms with Crippen molar-refractivity contribution in [2.75, 3.05) is 6.61 Å². The molecule has 1 aromatic rings. The first-order chi connectivity index (χ1) is 14.0. The molecule has 0 radical (unpaired) electrons. The summed E-state index contributed by atoms with van der Waals surface area (Å²) < 4.78 is 78.4. The quantitative estimate of drug-likeness (QED) is 0.225. The van der Waals surface area contributed by atoms with E-state index in [1.54, 1.807) is 4.98 Å². The van der Waals surface area contributed by atoms with Gasteiger partial charge in [-0.05, 0) is 0 Å². The summed E-state index contributed by atoms with van der Waals surface area (Å²) in [6, 6.07) is 0. The van der Waals surface area contributed by atoms with Crippen molar-refractivity contribution in [3.63, 3.8) is 0 Å². The first-order valence-electron chi connectivity index (χ1n) is 7.58. The van der Waals surface area contributed by atoms with E-state index in [4.69, 9.17) is 25.8 Å². The van der Waals surface area contributed by atoms with Gasteiger partial charge in [0.05, 0.1) is 0 Å². The number of aromatic amines is 1. The van der Waals surface area contributed by atoms with Crippen LogP contribution in [-0.4, -0.2) is 47.8 Å². The molecule has 1 aliphatic heterocycles. The minimum Gasteiger partial charge on any atom is -0.317 e. The van der Waals surface area contributed by atoms with Gasteiger partial charge in [-0.25, -0.2) is 27.3 Å². The number of hydrogen-bond acceptors (Lipinski definition) is 9. The van der Waals surface area contributed by atoms with Crippen LogP contribution in [0.3, 0.4) is 0 Å². The average Bonchev–Trinajstić information content (AvgIpc) is 2.85. The summed E-state index contributed by atoms with van der Waals surface area (Å²) >= 11 is 0. The van der Waals surface area contributed by atoms with Crippen molar-refractivity contribution in [3.05, 3.63) is 32.6 Å². The zero-order valence-corrected chi connectivity index (χ0v) is 17.4. The standard InChI is InChI=1S/C11H13F2N2O13P3/c1-2-6-4-15(10(17)14-9(6)16)8-3-7(12)11(13,26-8)5-25-30(21,22)28-31(23,24)27-29(18,19)20/h1,4,7-8H,3,5H2,(H,21,22)(H,23,24)(H,14,16,17)(H2,18,19,20)/t7-,8+,11+/m0/s1. The molecule has 1 fully saturated rings. The molecule has 2 unspecified atom stereocenters. The number of halogens is 2. The number of alkyl halides is 2. The van der Waals surface area contributed by atoms with E-state index in [0.717, 1.165) is 6.20 Å². The van der Waals surface area contributed by atoms with Gasteiger partial charge in [-0.2, -0.15) is 8.62 Å².